The highest BCUT2D eigenvalue weighted by Gasteiger charge is 2.11. The molecule has 0 bridgehead atoms. The van der Waals surface area contributed by atoms with E-state index in [0.29, 0.717) is 11.5 Å². The number of likely N-dealkylation sites (N-methyl/N-ethyl adjacent to an activating group) is 1. The first-order valence-electron chi connectivity index (χ1n) is 7.32. The summed E-state index contributed by atoms with van der Waals surface area (Å²) in [6.07, 6.45) is 3.06. The van der Waals surface area contributed by atoms with Crippen molar-refractivity contribution in [2.45, 2.75) is 19.9 Å². The van der Waals surface area contributed by atoms with Gasteiger partial charge in [0.05, 0.1) is 20.8 Å². The van der Waals surface area contributed by atoms with Gasteiger partial charge < -0.3 is 19.7 Å². The first-order valence-corrected chi connectivity index (χ1v) is 7.32. The predicted molar refractivity (Wildman–Crippen MR) is 89.5 cm³/mol. The third kappa shape index (κ3) is 6.02. The van der Waals surface area contributed by atoms with E-state index in [4.69, 9.17) is 9.47 Å². The molecule has 6 heteroatoms. The average molecular weight is 320 g/mol. The van der Waals surface area contributed by atoms with Gasteiger partial charge >= 0.3 is 0 Å². The number of carbonyl (C=O) groups is 2. The second kappa shape index (κ2) is 8.82. The van der Waals surface area contributed by atoms with Gasteiger partial charge in [-0.1, -0.05) is 0 Å². The van der Waals surface area contributed by atoms with Gasteiger partial charge in [0.15, 0.2) is 0 Å². The van der Waals surface area contributed by atoms with Crippen molar-refractivity contribution < 1.29 is 19.1 Å². The Morgan fingerprint density at radius 2 is 1.96 bits per heavy atom. The van der Waals surface area contributed by atoms with E-state index in [1.54, 1.807) is 45.5 Å². The van der Waals surface area contributed by atoms with Gasteiger partial charge in [0.2, 0.25) is 11.8 Å². The second-order valence-electron chi connectivity index (χ2n) is 5.36. The molecular weight excluding hydrogens is 296 g/mol. The molecule has 23 heavy (non-hydrogen) atoms. The molecule has 6 nitrogen and oxygen atoms in total. The molecule has 0 aliphatic rings. The number of methoxy groups -OCH3 is 2. The van der Waals surface area contributed by atoms with E-state index in [2.05, 4.69) is 5.32 Å². The van der Waals surface area contributed by atoms with E-state index < -0.39 is 0 Å². The summed E-state index contributed by atoms with van der Waals surface area (Å²) in [7, 11) is 4.71. The molecule has 0 fully saturated rings. The maximum Gasteiger partial charge on any atom is 0.246 e. The van der Waals surface area contributed by atoms with Crippen LogP contribution in [0.2, 0.25) is 0 Å². The maximum absolute atomic E-state index is 12.1. The van der Waals surface area contributed by atoms with Gasteiger partial charge in [-0.05, 0) is 32.1 Å². The molecule has 1 rings (SSSR count). The number of hydrogen-bond donors (Lipinski definition) is 1. The standard InChI is InChI=1S/C17H24N2O4/c1-12(2)18-16(20)11-19(3)17(21)9-7-13-6-8-14(22-4)10-15(13)23-5/h6-10,12H,11H2,1-5H3,(H,18,20)/b9-7+. The monoisotopic (exact) mass is 320 g/mol. The van der Waals surface area contributed by atoms with E-state index in [9.17, 15) is 9.59 Å². The van der Waals surface area contributed by atoms with E-state index in [0.717, 1.165) is 5.56 Å². The molecule has 0 saturated heterocycles. The first-order chi connectivity index (χ1) is 10.9. The van der Waals surface area contributed by atoms with E-state index in [1.165, 1.54) is 11.0 Å². The summed E-state index contributed by atoms with van der Waals surface area (Å²) >= 11 is 0. The van der Waals surface area contributed by atoms with Crippen molar-refractivity contribution in [2.75, 3.05) is 27.8 Å². The Morgan fingerprint density at radius 1 is 1.26 bits per heavy atom. The Kier molecular flexibility index (Phi) is 7.12. The molecule has 0 aliphatic carbocycles. The molecule has 0 heterocycles. The van der Waals surface area contributed by atoms with Crippen molar-refractivity contribution in [3.63, 3.8) is 0 Å². The molecule has 0 spiro atoms. The van der Waals surface area contributed by atoms with Gasteiger partial charge in [-0.15, -0.1) is 0 Å². The lowest BCUT2D eigenvalue weighted by molar-refractivity contribution is -0.131. The Bertz CT molecular complexity index is 582. The third-order valence-corrected chi connectivity index (χ3v) is 3.05. The molecule has 1 aromatic carbocycles. The van der Waals surface area contributed by atoms with Crippen LogP contribution in [0.5, 0.6) is 11.5 Å². The zero-order chi connectivity index (χ0) is 17.4. The van der Waals surface area contributed by atoms with Crippen LogP contribution >= 0.6 is 0 Å². The van der Waals surface area contributed by atoms with Gasteiger partial charge in [0, 0.05) is 30.8 Å². The number of nitrogens with zero attached hydrogens (tertiary/aromatic N) is 1. The Hall–Kier alpha value is -2.50. The van der Waals surface area contributed by atoms with Crippen LogP contribution in [-0.4, -0.2) is 50.6 Å². The van der Waals surface area contributed by atoms with Crippen LogP contribution in [0.15, 0.2) is 24.3 Å². The summed E-state index contributed by atoms with van der Waals surface area (Å²) in [4.78, 5) is 25.1. The molecular formula is C17H24N2O4. The number of ether oxygens (including phenoxy) is 2. The normalized spacial score (nSPS) is 10.7. The van der Waals surface area contributed by atoms with Gasteiger partial charge in [0.25, 0.3) is 0 Å². The highest BCUT2D eigenvalue weighted by Crippen LogP contribution is 2.25. The molecule has 126 valence electrons. The molecule has 0 aliphatic heterocycles. The topological polar surface area (TPSA) is 67.9 Å². The minimum atomic E-state index is -0.262. The van der Waals surface area contributed by atoms with E-state index in [1.807, 2.05) is 13.8 Å². The maximum atomic E-state index is 12.1. The van der Waals surface area contributed by atoms with Crippen LogP contribution in [0.4, 0.5) is 0 Å². The Labute approximate surface area is 137 Å². The zero-order valence-electron chi connectivity index (χ0n) is 14.3. The number of nitrogens with one attached hydrogen (secondary N) is 1. The lowest BCUT2D eigenvalue weighted by Crippen LogP contribution is -2.40. The van der Waals surface area contributed by atoms with Gasteiger partial charge in [-0.2, -0.15) is 0 Å². The van der Waals surface area contributed by atoms with Crippen LogP contribution in [0.1, 0.15) is 19.4 Å². The summed E-state index contributed by atoms with van der Waals surface area (Å²) in [6, 6.07) is 5.37. The smallest absolute Gasteiger partial charge is 0.246 e. The van der Waals surface area contributed by atoms with Crippen molar-refractivity contribution >= 4 is 17.9 Å². The van der Waals surface area contributed by atoms with Crippen molar-refractivity contribution in [3.05, 3.63) is 29.8 Å². The van der Waals surface area contributed by atoms with Crippen LogP contribution in [0, 0.1) is 0 Å². The quantitative estimate of drug-likeness (QED) is 0.777. The minimum absolute atomic E-state index is 0.0150. The molecule has 1 N–H and O–H groups in total. The number of hydrogen-bond acceptors (Lipinski definition) is 4. The molecule has 0 saturated carbocycles. The fourth-order valence-corrected chi connectivity index (χ4v) is 1.91. The molecule has 1 aromatic rings. The van der Waals surface area contributed by atoms with Gasteiger partial charge in [0.1, 0.15) is 11.5 Å². The minimum Gasteiger partial charge on any atom is -0.497 e. The number of benzene rings is 1. The molecule has 0 unspecified atom stereocenters. The van der Waals surface area contributed by atoms with E-state index in [-0.39, 0.29) is 24.4 Å². The van der Waals surface area contributed by atoms with Gasteiger partial charge in [-0.25, -0.2) is 0 Å². The van der Waals surface area contributed by atoms with E-state index >= 15 is 0 Å². The highest BCUT2D eigenvalue weighted by molar-refractivity contribution is 5.94. The van der Waals surface area contributed by atoms with Crippen LogP contribution in [0.3, 0.4) is 0 Å². The summed E-state index contributed by atoms with van der Waals surface area (Å²) in [5.41, 5.74) is 0.752. The van der Waals surface area contributed by atoms with Crippen LogP contribution in [0.25, 0.3) is 6.08 Å². The summed E-state index contributed by atoms with van der Waals surface area (Å²) < 4.78 is 10.4. The fraction of sp³-hybridized carbons (Fsp3) is 0.412. The summed E-state index contributed by atoms with van der Waals surface area (Å²) in [6.45, 7) is 3.76. The fourth-order valence-electron chi connectivity index (χ4n) is 1.91. The number of amides is 2. The molecule has 2 amide bonds. The SMILES string of the molecule is COc1ccc(/C=C/C(=O)N(C)CC(=O)NC(C)C)c(OC)c1. The van der Waals surface area contributed by atoms with Crippen molar-refractivity contribution in [1.82, 2.24) is 10.2 Å². The number of carbonyl (C=O) groups excluding carboxylic acids is 2. The summed E-state index contributed by atoms with van der Waals surface area (Å²) in [5, 5.41) is 2.74. The Balaban J connectivity index is 2.72. The van der Waals surface area contributed by atoms with Crippen molar-refractivity contribution in [2.24, 2.45) is 0 Å². The van der Waals surface area contributed by atoms with Crippen LogP contribution in [-0.2, 0) is 9.59 Å². The first kappa shape index (κ1) is 18.5. The van der Waals surface area contributed by atoms with Gasteiger partial charge in [-0.3, -0.25) is 9.59 Å². The molecule has 0 aromatic heterocycles. The second-order valence-corrected chi connectivity index (χ2v) is 5.36. The third-order valence-electron chi connectivity index (χ3n) is 3.05. The summed E-state index contributed by atoms with van der Waals surface area (Å²) in [5.74, 6) is 0.828. The number of rotatable bonds is 7. The average Bonchev–Trinajstić information content (AvgIpc) is 2.51. The van der Waals surface area contributed by atoms with Crippen molar-refractivity contribution in [3.8, 4) is 11.5 Å². The molecule has 0 radical (unpaired) electrons. The van der Waals surface area contributed by atoms with Crippen molar-refractivity contribution in [1.29, 1.82) is 0 Å². The molecule has 0 atom stereocenters. The lowest BCUT2D eigenvalue weighted by atomic mass is 10.1. The Morgan fingerprint density at radius 3 is 2.52 bits per heavy atom. The largest absolute Gasteiger partial charge is 0.497 e. The zero-order valence-corrected chi connectivity index (χ0v) is 14.3. The predicted octanol–water partition coefficient (Wildman–Crippen LogP) is 1.70. The lowest BCUT2D eigenvalue weighted by Gasteiger charge is -2.16. The highest BCUT2D eigenvalue weighted by atomic mass is 16.5. The van der Waals surface area contributed by atoms with Crippen LogP contribution < -0.4 is 14.8 Å².